The predicted molar refractivity (Wildman–Crippen MR) is 115 cm³/mol. The molecule has 0 atom stereocenters. The minimum absolute atomic E-state index is 0.0890. The van der Waals surface area contributed by atoms with Crippen molar-refractivity contribution < 1.29 is 28.0 Å². The fourth-order valence-corrected chi connectivity index (χ4v) is 5.12. The molecule has 3 aromatic rings. The molecule has 10 heteroatoms. The van der Waals surface area contributed by atoms with Crippen molar-refractivity contribution in [3.63, 3.8) is 0 Å². The number of aryl methyl sites for hydroxylation is 3. The van der Waals surface area contributed by atoms with Crippen LogP contribution in [0.2, 0.25) is 0 Å². The number of thiophene rings is 1. The molecule has 0 bridgehead atoms. The quantitative estimate of drug-likeness (QED) is 0.542. The van der Waals surface area contributed by atoms with Gasteiger partial charge in [-0.05, 0) is 63.2 Å². The van der Waals surface area contributed by atoms with Crippen LogP contribution in [0, 0.1) is 27.7 Å². The highest BCUT2D eigenvalue weighted by Crippen LogP contribution is 2.29. The highest BCUT2D eigenvalue weighted by molar-refractivity contribution is 7.93. The normalized spacial score (nSPS) is 13.7. The Morgan fingerprint density at radius 2 is 2.00 bits per heavy atom. The van der Waals surface area contributed by atoms with Crippen molar-refractivity contribution in [1.82, 2.24) is 5.16 Å². The zero-order valence-corrected chi connectivity index (χ0v) is 18.2. The van der Waals surface area contributed by atoms with Gasteiger partial charge in [0.25, 0.3) is 15.9 Å². The minimum atomic E-state index is -4.25. The third kappa shape index (κ3) is 4.14. The summed E-state index contributed by atoms with van der Waals surface area (Å²) in [5.41, 5.74) is 1.06. The van der Waals surface area contributed by atoms with E-state index < -0.39 is 34.1 Å². The van der Waals surface area contributed by atoms with Gasteiger partial charge in [-0.1, -0.05) is 11.2 Å². The van der Waals surface area contributed by atoms with E-state index in [0.717, 1.165) is 11.3 Å². The van der Waals surface area contributed by atoms with Crippen molar-refractivity contribution in [3.8, 4) is 0 Å². The summed E-state index contributed by atoms with van der Waals surface area (Å²) >= 11 is 0.836. The first-order valence-electron chi connectivity index (χ1n) is 10.6. The van der Waals surface area contributed by atoms with Gasteiger partial charge in [-0.15, -0.1) is 11.3 Å². The number of carbonyl (C=O) groups excluding carboxylic acids is 2. The third-order valence-electron chi connectivity index (χ3n) is 4.37. The van der Waals surface area contributed by atoms with Gasteiger partial charge in [-0.2, -0.15) is 0 Å². The SMILES string of the molecule is [2H]c1c(C)cc(C)c(NC(=O)c2sccc2S(=O)(=O)Nc2onc(C)c2C)c1C(=O)C([2H])([2H])[2H]. The molecule has 0 spiro atoms. The number of rotatable bonds is 6. The van der Waals surface area contributed by atoms with Crippen LogP contribution in [-0.2, 0) is 10.0 Å². The number of anilines is 2. The number of ketones is 1. The molecule has 2 heterocycles. The van der Waals surface area contributed by atoms with Crippen LogP contribution < -0.4 is 10.0 Å². The lowest BCUT2D eigenvalue weighted by Crippen LogP contribution is -2.20. The van der Waals surface area contributed by atoms with Crippen molar-refractivity contribution >= 4 is 44.6 Å². The smallest absolute Gasteiger partial charge is 0.267 e. The van der Waals surface area contributed by atoms with Crippen LogP contribution >= 0.6 is 11.3 Å². The number of nitrogens with one attached hydrogen (secondary N) is 2. The Bertz CT molecular complexity index is 1410. The van der Waals surface area contributed by atoms with Gasteiger partial charge in [0.1, 0.15) is 9.77 Å². The van der Waals surface area contributed by atoms with Crippen molar-refractivity contribution in [1.29, 1.82) is 0 Å². The van der Waals surface area contributed by atoms with Gasteiger partial charge < -0.3 is 9.84 Å². The number of sulfonamides is 1. The van der Waals surface area contributed by atoms with Gasteiger partial charge >= 0.3 is 0 Å². The van der Waals surface area contributed by atoms with Gasteiger partial charge in [0.15, 0.2) is 5.78 Å². The average Bonchev–Trinajstić information content (AvgIpc) is 3.34. The average molecular weight is 452 g/mol. The third-order valence-corrected chi connectivity index (χ3v) is 6.79. The molecule has 3 rings (SSSR count). The van der Waals surface area contributed by atoms with Crippen LogP contribution in [0.25, 0.3) is 0 Å². The van der Waals surface area contributed by atoms with E-state index in [1.807, 2.05) is 0 Å². The van der Waals surface area contributed by atoms with Gasteiger partial charge in [-0.3, -0.25) is 9.59 Å². The van der Waals surface area contributed by atoms with E-state index in [0.29, 0.717) is 22.4 Å². The number of carbonyl (C=O) groups is 2. The molecule has 0 radical (unpaired) electrons. The van der Waals surface area contributed by atoms with Gasteiger partial charge in [0.05, 0.1) is 12.8 Å². The number of aromatic nitrogens is 1. The van der Waals surface area contributed by atoms with Crippen LogP contribution in [0.3, 0.4) is 0 Å². The number of nitrogens with zero attached hydrogens (tertiary/aromatic N) is 1. The Hall–Kier alpha value is -2.98. The molecule has 2 N–H and O–H groups in total. The van der Waals surface area contributed by atoms with Crippen molar-refractivity contribution in [2.45, 2.75) is 39.4 Å². The second kappa shape index (κ2) is 8.04. The maximum absolute atomic E-state index is 13.1. The Morgan fingerprint density at radius 3 is 2.63 bits per heavy atom. The highest BCUT2D eigenvalue weighted by Gasteiger charge is 2.27. The van der Waals surface area contributed by atoms with E-state index in [-0.39, 0.29) is 27.4 Å². The summed E-state index contributed by atoms with van der Waals surface area (Å²) < 4.78 is 63.7. The van der Waals surface area contributed by atoms with Gasteiger partial charge in [0, 0.05) is 15.2 Å². The van der Waals surface area contributed by atoms with Gasteiger partial charge in [-0.25, -0.2) is 13.1 Å². The lowest BCUT2D eigenvalue weighted by atomic mass is 10.0. The fraction of sp³-hybridized carbons (Fsp3) is 0.250. The van der Waals surface area contributed by atoms with E-state index in [9.17, 15) is 18.0 Å². The highest BCUT2D eigenvalue weighted by atomic mass is 32.2. The maximum Gasteiger partial charge on any atom is 0.267 e. The van der Waals surface area contributed by atoms with Crippen LogP contribution in [0.4, 0.5) is 11.6 Å². The molecule has 0 aliphatic heterocycles. The molecule has 0 fully saturated rings. The van der Waals surface area contributed by atoms with Crippen LogP contribution in [0.15, 0.2) is 33.0 Å². The molecule has 1 amide bonds. The summed E-state index contributed by atoms with van der Waals surface area (Å²) in [6.45, 7) is 3.31. The van der Waals surface area contributed by atoms with Crippen LogP contribution in [0.1, 0.15) is 54.7 Å². The molecule has 0 saturated carbocycles. The first-order chi connectivity index (χ1) is 15.6. The van der Waals surface area contributed by atoms with Crippen LogP contribution in [-0.4, -0.2) is 25.3 Å². The molecule has 1 aromatic carbocycles. The zero-order valence-electron chi connectivity index (χ0n) is 20.5. The summed E-state index contributed by atoms with van der Waals surface area (Å²) in [7, 11) is -4.25. The fourth-order valence-electron chi connectivity index (χ4n) is 2.75. The molecule has 0 saturated heterocycles. The Kier molecular flexibility index (Phi) is 4.49. The second-order valence-corrected chi connectivity index (χ2v) is 9.18. The van der Waals surface area contributed by atoms with Crippen LogP contribution in [0.5, 0.6) is 0 Å². The summed E-state index contributed by atoms with van der Waals surface area (Å²) in [5.74, 6) is -2.27. The lowest BCUT2D eigenvalue weighted by Gasteiger charge is -2.14. The summed E-state index contributed by atoms with van der Waals surface area (Å²) in [6, 6.07) is 2.42. The van der Waals surface area contributed by atoms with E-state index in [2.05, 4.69) is 15.2 Å². The first kappa shape index (κ1) is 16.8. The number of Topliss-reactive ketones (excluding diaryl/α,β-unsaturated/α-hetero) is 1. The standard InChI is InChI=1S/C20H21N3O5S2/c1-10-8-11(2)17(15(9-10)14(5)24)21-19(25)18-16(6-7-29-18)30(26,27)23-20-12(3)13(4)22-28-20/h6-9,23H,1-5H3,(H,21,25)/i5D3,9D. The van der Waals surface area contributed by atoms with Gasteiger partial charge in [0.2, 0.25) is 5.88 Å². The number of hydrogen-bond donors (Lipinski definition) is 2. The molecular weight excluding hydrogens is 426 g/mol. The number of benzene rings is 1. The second-order valence-electron chi connectivity index (χ2n) is 6.61. The monoisotopic (exact) mass is 451 g/mol. The lowest BCUT2D eigenvalue weighted by molar-refractivity contribution is 0.101. The largest absolute Gasteiger partial charge is 0.337 e. The Labute approximate surface area is 184 Å². The Morgan fingerprint density at radius 1 is 1.27 bits per heavy atom. The van der Waals surface area contributed by atoms with E-state index in [4.69, 9.17) is 10.0 Å². The first-order valence-corrected chi connectivity index (χ1v) is 11.0. The number of amides is 1. The molecule has 8 nitrogen and oxygen atoms in total. The van der Waals surface area contributed by atoms with Crippen molar-refractivity contribution in [2.24, 2.45) is 0 Å². The molecule has 0 aliphatic carbocycles. The van der Waals surface area contributed by atoms with E-state index in [1.165, 1.54) is 17.5 Å². The number of hydrogen-bond acceptors (Lipinski definition) is 7. The van der Waals surface area contributed by atoms with E-state index >= 15 is 0 Å². The summed E-state index contributed by atoms with van der Waals surface area (Å²) in [5, 5.41) is 7.54. The molecule has 30 heavy (non-hydrogen) atoms. The van der Waals surface area contributed by atoms with Crippen molar-refractivity contribution in [2.75, 3.05) is 10.0 Å². The molecular formula is C20H21N3O5S2. The predicted octanol–water partition coefficient (Wildman–Crippen LogP) is 4.23. The molecule has 0 unspecified atom stereocenters. The zero-order chi connectivity index (χ0) is 25.6. The maximum atomic E-state index is 13.1. The molecule has 0 aliphatic rings. The summed E-state index contributed by atoms with van der Waals surface area (Å²) in [4.78, 5) is 25.1. The molecule has 158 valence electrons. The van der Waals surface area contributed by atoms with Crippen molar-refractivity contribution in [3.05, 3.63) is 56.4 Å². The minimum Gasteiger partial charge on any atom is -0.337 e. The summed E-state index contributed by atoms with van der Waals surface area (Å²) in [6.07, 6.45) is 0. The van der Waals surface area contributed by atoms with E-state index in [1.54, 1.807) is 27.7 Å². The molecule has 2 aromatic heterocycles. The Balaban J connectivity index is 2.02. The topological polar surface area (TPSA) is 118 Å².